The quantitative estimate of drug-likeness (QED) is 0.0434. The minimum atomic E-state index is -0.523. The van der Waals surface area contributed by atoms with E-state index in [2.05, 4.69) is 82.3 Å². The summed E-state index contributed by atoms with van der Waals surface area (Å²) in [5.74, 6) is 3.02. The normalized spacial score (nSPS) is 9.98. The molecule has 3 heterocycles. The van der Waals surface area contributed by atoms with Crippen molar-refractivity contribution in [3.05, 3.63) is 11.1 Å². The number of hydrogen-bond donors (Lipinski definition) is 10. The van der Waals surface area contributed by atoms with Crippen molar-refractivity contribution in [1.29, 1.82) is 0 Å². The van der Waals surface area contributed by atoms with Gasteiger partial charge in [0, 0.05) is 45.7 Å². The topological polar surface area (TPSA) is 281 Å². The second-order valence-corrected chi connectivity index (χ2v) is 12.2. The van der Waals surface area contributed by atoms with Gasteiger partial charge < -0.3 is 53.2 Å². The number of halogens is 1. The lowest BCUT2D eigenvalue weighted by atomic mass is 9.89. The SMILES string of the molecule is CCNc1nc(CCCNB(C)O)nc(SC)n1.CCNc1nc(NCCN)nc(SC)n1.CN.CSc1nc(Cl)nc(NCCNB(C)O)n1. The third-order valence-electron chi connectivity index (χ3n) is 5.37. The lowest BCUT2D eigenvalue weighted by Gasteiger charge is -2.07. The molecule has 0 amide bonds. The lowest BCUT2D eigenvalue weighted by Crippen LogP contribution is -2.34. The Hall–Kier alpha value is -2.54. The van der Waals surface area contributed by atoms with E-state index in [1.54, 1.807) is 13.6 Å². The van der Waals surface area contributed by atoms with Crippen LogP contribution in [-0.2, 0) is 6.42 Å². The molecule has 0 atom stereocenters. The number of aryl methyl sites for hydroxylation is 1. The van der Waals surface area contributed by atoms with Gasteiger partial charge in [0.25, 0.3) is 0 Å². The molecule has 0 spiro atoms. The van der Waals surface area contributed by atoms with Crippen LogP contribution in [0.4, 0.5) is 23.8 Å². The van der Waals surface area contributed by atoms with E-state index in [0.717, 1.165) is 43.5 Å². The van der Waals surface area contributed by atoms with Crippen LogP contribution in [0.1, 0.15) is 26.1 Å². The number of nitrogens with two attached hydrogens (primary N) is 2. The van der Waals surface area contributed by atoms with Gasteiger partial charge in [-0.3, -0.25) is 0 Å². The number of aromatic nitrogens is 9. The summed E-state index contributed by atoms with van der Waals surface area (Å²) in [7, 11) is 0.507. The van der Waals surface area contributed by atoms with Gasteiger partial charge >= 0.3 is 14.1 Å². The van der Waals surface area contributed by atoms with Crippen LogP contribution in [0.2, 0.25) is 18.9 Å². The zero-order chi connectivity index (χ0) is 38.4. The first-order valence-electron chi connectivity index (χ1n) is 16.2. The Kier molecular flexibility index (Phi) is 29.5. The number of nitrogens with one attached hydrogen (secondary N) is 6. The molecule has 3 aromatic heterocycles. The molecule has 3 aromatic rings. The molecule has 51 heavy (non-hydrogen) atoms. The molecule has 0 aliphatic rings. The average Bonchev–Trinajstić information content (AvgIpc) is 3.12. The third-order valence-corrected chi connectivity index (χ3v) is 7.19. The molecule has 25 heteroatoms. The van der Waals surface area contributed by atoms with Crippen LogP contribution in [0, 0.1) is 0 Å². The molecule has 19 nitrogen and oxygen atoms in total. The van der Waals surface area contributed by atoms with Gasteiger partial charge in [0.1, 0.15) is 5.82 Å². The first kappa shape index (κ1) is 48.5. The minimum absolute atomic E-state index is 0.172. The van der Waals surface area contributed by atoms with Crippen molar-refractivity contribution in [1.82, 2.24) is 55.3 Å². The van der Waals surface area contributed by atoms with Crippen LogP contribution in [0.3, 0.4) is 0 Å². The fourth-order valence-corrected chi connectivity index (χ4v) is 4.60. The molecule has 3 rings (SSSR count). The van der Waals surface area contributed by atoms with Crippen molar-refractivity contribution >= 4 is 84.8 Å². The predicted molar refractivity (Wildman–Crippen MR) is 216 cm³/mol. The molecular weight excluding hydrogens is 736 g/mol. The maximum Gasteiger partial charge on any atom is 0.373 e. The molecular formula is C26H54B2ClN17O2S3. The van der Waals surface area contributed by atoms with E-state index in [-0.39, 0.29) is 5.28 Å². The summed E-state index contributed by atoms with van der Waals surface area (Å²) >= 11 is 10.1. The Balaban J connectivity index is 0.000000720. The summed E-state index contributed by atoms with van der Waals surface area (Å²) in [6, 6.07) is 0. The average molecular weight is 790 g/mol. The molecule has 12 N–H and O–H groups in total. The second-order valence-electron chi connectivity index (χ2n) is 9.51. The molecule has 0 aliphatic carbocycles. The molecule has 0 radical (unpaired) electrons. The Morgan fingerprint density at radius 2 is 1.06 bits per heavy atom. The summed E-state index contributed by atoms with van der Waals surface area (Å²) in [4.78, 5) is 37.6. The summed E-state index contributed by atoms with van der Waals surface area (Å²) in [6.45, 7) is 12.1. The van der Waals surface area contributed by atoms with Crippen molar-refractivity contribution in [2.45, 2.75) is 55.8 Å². The fraction of sp³-hybridized carbons (Fsp3) is 0.654. The number of anilines is 4. The van der Waals surface area contributed by atoms with E-state index in [1.807, 2.05) is 32.6 Å². The summed E-state index contributed by atoms with van der Waals surface area (Å²) in [5, 5.41) is 38.2. The highest BCUT2D eigenvalue weighted by atomic mass is 35.5. The van der Waals surface area contributed by atoms with Gasteiger partial charge in [-0.05, 0) is 77.9 Å². The highest BCUT2D eigenvalue weighted by Gasteiger charge is 2.07. The second kappa shape index (κ2) is 31.0. The van der Waals surface area contributed by atoms with Crippen LogP contribution in [0.5, 0.6) is 0 Å². The molecule has 286 valence electrons. The van der Waals surface area contributed by atoms with Gasteiger partial charge in [-0.15, -0.1) is 0 Å². The Morgan fingerprint density at radius 1 is 0.608 bits per heavy atom. The van der Waals surface area contributed by atoms with Crippen molar-refractivity contribution < 1.29 is 10.0 Å². The monoisotopic (exact) mass is 789 g/mol. The van der Waals surface area contributed by atoms with E-state index < -0.39 is 14.1 Å². The Bertz CT molecular complexity index is 1330. The van der Waals surface area contributed by atoms with Crippen molar-refractivity contribution in [2.24, 2.45) is 11.5 Å². The van der Waals surface area contributed by atoms with Crippen molar-refractivity contribution in [3.63, 3.8) is 0 Å². The van der Waals surface area contributed by atoms with E-state index in [9.17, 15) is 0 Å². The van der Waals surface area contributed by atoms with Gasteiger partial charge in [0.2, 0.25) is 29.1 Å². The summed E-state index contributed by atoms with van der Waals surface area (Å²) < 4.78 is 0. The zero-order valence-corrected chi connectivity index (χ0v) is 33.9. The maximum atomic E-state index is 9.08. The predicted octanol–water partition coefficient (Wildman–Crippen LogP) is 0.987. The van der Waals surface area contributed by atoms with Gasteiger partial charge in [0.15, 0.2) is 15.5 Å². The highest BCUT2D eigenvalue weighted by Crippen LogP contribution is 2.14. The largest absolute Gasteiger partial charge is 0.437 e. The van der Waals surface area contributed by atoms with E-state index in [0.29, 0.717) is 60.3 Å². The van der Waals surface area contributed by atoms with Gasteiger partial charge in [-0.1, -0.05) is 35.3 Å². The molecule has 0 saturated heterocycles. The molecule has 0 fully saturated rings. The number of rotatable bonds is 20. The summed E-state index contributed by atoms with van der Waals surface area (Å²) in [5.41, 5.74) is 9.89. The number of thioether (sulfide) groups is 3. The number of hydrogen-bond acceptors (Lipinski definition) is 22. The van der Waals surface area contributed by atoms with Crippen LogP contribution in [0.15, 0.2) is 15.5 Å². The molecule has 0 bridgehead atoms. The van der Waals surface area contributed by atoms with Crippen LogP contribution in [0.25, 0.3) is 0 Å². The first-order valence-corrected chi connectivity index (χ1v) is 20.2. The zero-order valence-electron chi connectivity index (χ0n) is 30.7. The maximum absolute atomic E-state index is 9.08. The summed E-state index contributed by atoms with van der Waals surface area (Å²) in [6.07, 6.45) is 7.40. The standard InChI is InChI=1S/C10H20BN5OS.C8H16N6S.C7H13BClN5OS.CH5N/c1-4-12-9-14-8(15-10(16-9)18-3)6-5-7-13-11(2)17;1-3-10-6-12-7(11-5-4-9)14-8(13-6)15-2;1-8(15)11-4-3-10-6-12-5(9)13-7(14-6)16-2;1-2/h13,17H,4-7H2,1-3H3,(H,12,14,15,16);3-5,9H2,1-2H3,(H2,10,11,12,13,14);11,15H,3-4H2,1-2H3,(H,10,12,13,14);2H2,1H3. The molecule has 0 aromatic carbocycles. The smallest absolute Gasteiger partial charge is 0.373 e. The van der Waals surface area contributed by atoms with Crippen molar-refractivity contribution in [3.8, 4) is 0 Å². The van der Waals surface area contributed by atoms with Gasteiger partial charge in [-0.2, -0.15) is 39.9 Å². The minimum Gasteiger partial charge on any atom is -0.437 e. The van der Waals surface area contributed by atoms with Crippen LogP contribution in [-0.4, -0.2) is 141 Å². The molecule has 0 aliphatic heterocycles. The third kappa shape index (κ3) is 24.4. The van der Waals surface area contributed by atoms with E-state index in [1.165, 1.54) is 42.3 Å². The first-order chi connectivity index (χ1) is 24.6. The lowest BCUT2D eigenvalue weighted by molar-refractivity contribution is 0.549. The fourth-order valence-electron chi connectivity index (χ4n) is 3.30. The van der Waals surface area contributed by atoms with Crippen LogP contribution >= 0.6 is 46.9 Å². The molecule has 0 unspecified atom stereocenters. The Morgan fingerprint density at radius 3 is 1.57 bits per heavy atom. The Labute approximate surface area is 320 Å². The molecule has 0 saturated carbocycles. The number of nitrogens with zero attached hydrogens (tertiary/aromatic N) is 9. The highest BCUT2D eigenvalue weighted by molar-refractivity contribution is 7.98. The van der Waals surface area contributed by atoms with Gasteiger partial charge in [-0.25, -0.2) is 4.98 Å². The van der Waals surface area contributed by atoms with Gasteiger partial charge in [0.05, 0.1) is 0 Å². The van der Waals surface area contributed by atoms with E-state index in [4.69, 9.17) is 27.4 Å². The van der Waals surface area contributed by atoms with E-state index >= 15 is 0 Å². The van der Waals surface area contributed by atoms with Crippen LogP contribution < -0.4 is 43.2 Å². The van der Waals surface area contributed by atoms with Crippen molar-refractivity contribution in [2.75, 3.05) is 92.9 Å².